The first-order valence-corrected chi connectivity index (χ1v) is 8.81. The van der Waals surface area contributed by atoms with Crippen LogP contribution in [0, 0.1) is 11.3 Å². The molecule has 0 aliphatic carbocycles. The van der Waals surface area contributed by atoms with Gasteiger partial charge in [-0.05, 0) is 42.5 Å². The number of nitrogens with zero attached hydrogens (tertiary/aromatic N) is 2. The van der Waals surface area contributed by atoms with Gasteiger partial charge in [-0.3, -0.25) is 4.79 Å². The molecular weight excluding hydrogens is 310 g/mol. The highest BCUT2D eigenvalue weighted by Crippen LogP contribution is 2.13. The van der Waals surface area contributed by atoms with E-state index in [0.29, 0.717) is 18.5 Å². The van der Waals surface area contributed by atoms with Gasteiger partial charge in [0.05, 0.1) is 17.7 Å². The first-order valence-electron chi connectivity index (χ1n) is 8.81. The highest BCUT2D eigenvalue weighted by molar-refractivity contribution is 5.82. The third-order valence-corrected chi connectivity index (χ3v) is 4.61. The van der Waals surface area contributed by atoms with Crippen molar-refractivity contribution in [1.82, 2.24) is 10.2 Å². The van der Waals surface area contributed by atoms with Crippen molar-refractivity contribution in [1.29, 1.82) is 5.26 Å². The standard InChI is InChI=1S/C21H23N3O/c22-15-18-9-6-10-19(13-18)16-23-20(14-17-7-2-1-3-8-17)21(25)24-11-4-5-12-24/h1-3,6-10,13,20,23H,4-5,11-12,14,16H2/t20-/m1/s1. The van der Waals surface area contributed by atoms with Crippen LogP contribution in [0.1, 0.15) is 29.5 Å². The van der Waals surface area contributed by atoms with E-state index >= 15 is 0 Å². The van der Waals surface area contributed by atoms with E-state index in [1.807, 2.05) is 41.3 Å². The summed E-state index contributed by atoms with van der Waals surface area (Å²) in [6, 6.07) is 19.5. The molecule has 1 N–H and O–H groups in total. The quantitative estimate of drug-likeness (QED) is 0.884. The van der Waals surface area contributed by atoms with Crippen LogP contribution in [-0.4, -0.2) is 29.9 Å². The summed E-state index contributed by atoms with van der Waals surface area (Å²) in [5.74, 6) is 0.179. The number of amides is 1. The van der Waals surface area contributed by atoms with Crippen LogP contribution in [0.2, 0.25) is 0 Å². The van der Waals surface area contributed by atoms with Crippen LogP contribution in [-0.2, 0) is 17.8 Å². The molecule has 1 aliphatic rings. The van der Waals surface area contributed by atoms with Crippen molar-refractivity contribution in [2.75, 3.05) is 13.1 Å². The highest BCUT2D eigenvalue weighted by atomic mass is 16.2. The fraction of sp³-hybridized carbons (Fsp3) is 0.333. The Labute approximate surface area is 149 Å². The predicted molar refractivity (Wildman–Crippen MR) is 97.7 cm³/mol. The van der Waals surface area contributed by atoms with Crippen molar-refractivity contribution in [3.05, 3.63) is 71.3 Å². The number of hydrogen-bond donors (Lipinski definition) is 1. The highest BCUT2D eigenvalue weighted by Gasteiger charge is 2.26. The molecule has 3 rings (SSSR count). The normalized spacial score (nSPS) is 14.9. The van der Waals surface area contributed by atoms with Gasteiger partial charge >= 0.3 is 0 Å². The Hall–Kier alpha value is -2.64. The zero-order chi connectivity index (χ0) is 17.5. The molecule has 0 aromatic heterocycles. The SMILES string of the molecule is N#Cc1cccc(CN[C@H](Cc2ccccc2)C(=O)N2CCCC2)c1. The number of likely N-dealkylation sites (tertiary alicyclic amines) is 1. The van der Waals surface area contributed by atoms with Gasteiger partial charge in [-0.1, -0.05) is 42.5 Å². The number of nitriles is 1. The third-order valence-electron chi connectivity index (χ3n) is 4.61. The molecule has 0 saturated carbocycles. The lowest BCUT2D eigenvalue weighted by Crippen LogP contribution is -2.46. The van der Waals surface area contributed by atoms with Gasteiger partial charge in [-0.25, -0.2) is 0 Å². The van der Waals surface area contributed by atoms with Crippen LogP contribution < -0.4 is 5.32 Å². The maximum Gasteiger partial charge on any atom is 0.240 e. The molecule has 1 heterocycles. The second-order valence-corrected chi connectivity index (χ2v) is 6.47. The van der Waals surface area contributed by atoms with E-state index in [0.717, 1.165) is 37.1 Å². The molecule has 128 valence electrons. The van der Waals surface area contributed by atoms with E-state index in [1.165, 1.54) is 0 Å². The number of hydrogen-bond acceptors (Lipinski definition) is 3. The van der Waals surface area contributed by atoms with Crippen LogP contribution in [0.5, 0.6) is 0 Å². The van der Waals surface area contributed by atoms with Gasteiger partial charge in [-0.15, -0.1) is 0 Å². The summed E-state index contributed by atoms with van der Waals surface area (Å²) in [6.45, 7) is 2.29. The Morgan fingerprint density at radius 3 is 2.52 bits per heavy atom. The van der Waals surface area contributed by atoms with Crippen molar-refractivity contribution >= 4 is 5.91 Å². The fourth-order valence-electron chi connectivity index (χ4n) is 3.25. The number of rotatable bonds is 6. The number of carbonyl (C=O) groups is 1. The summed E-state index contributed by atoms with van der Waals surface area (Å²) in [5, 5.41) is 12.4. The minimum Gasteiger partial charge on any atom is -0.341 e. The lowest BCUT2D eigenvalue weighted by atomic mass is 10.0. The first-order chi connectivity index (χ1) is 12.3. The van der Waals surface area contributed by atoms with Crippen LogP contribution in [0.3, 0.4) is 0 Å². The minimum atomic E-state index is -0.244. The van der Waals surface area contributed by atoms with Crippen LogP contribution in [0.4, 0.5) is 0 Å². The first kappa shape index (κ1) is 17.2. The molecule has 0 bridgehead atoms. The third kappa shape index (κ3) is 4.68. The predicted octanol–water partition coefficient (Wildman–Crippen LogP) is 2.88. The number of carbonyl (C=O) groups excluding carboxylic acids is 1. The molecule has 1 aliphatic heterocycles. The van der Waals surface area contributed by atoms with Gasteiger partial charge in [0.15, 0.2) is 0 Å². The fourth-order valence-corrected chi connectivity index (χ4v) is 3.25. The zero-order valence-electron chi connectivity index (χ0n) is 14.3. The minimum absolute atomic E-state index is 0.179. The van der Waals surface area contributed by atoms with Crippen LogP contribution in [0.25, 0.3) is 0 Å². The average molecular weight is 333 g/mol. The van der Waals surface area contributed by atoms with Gasteiger partial charge in [0.25, 0.3) is 0 Å². The summed E-state index contributed by atoms with van der Waals surface area (Å²) in [4.78, 5) is 14.9. The summed E-state index contributed by atoms with van der Waals surface area (Å²) in [5.41, 5.74) is 2.81. The van der Waals surface area contributed by atoms with E-state index in [1.54, 1.807) is 6.07 Å². The Bertz CT molecular complexity index is 745. The van der Waals surface area contributed by atoms with Crippen LogP contribution >= 0.6 is 0 Å². The van der Waals surface area contributed by atoms with E-state index in [4.69, 9.17) is 5.26 Å². The Morgan fingerprint density at radius 2 is 1.80 bits per heavy atom. The van der Waals surface area contributed by atoms with Crippen LogP contribution in [0.15, 0.2) is 54.6 Å². The molecule has 1 atom stereocenters. The molecule has 0 spiro atoms. The molecule has 1 fully saturated rings. The molecular formula is C21H23N3O. The van der Waals surface area contributed by atoms with Gasteiger partial charge < -0.3 is 10.2 Å². The van der Waals surface area contributed by atoms with Crippen molar-refractivity contribution in [3.63, 3.8) is 0 Å². The van der Waals surface area contributed by atoms with E-state index in [9.17, 15) is 4.79 Å². The molecule has 1 amide bonds. The Morgan fingerprint density at radius 1 is 1.08 bits per heavy atom. The van der Waals surface area contributed by atoms with Gasteiger partial charge in [0.1, 0.15) is 0 Å². The van der Waals surface area contributed by atoms with E-state index < -0.39 is 0 Å². The largest absolute Gasteiger partial charge is 0.341 e. The lowest BCUT2D eigenvalue weighted by Gasteiger charge is -2.24. The van der Waals surface area contributed by atoms with Crippen molar-refractivity contribution in [2.45, 2.75) is 31.8 Å². The molecule has 2 aromatic rings. The van der Waals surface area contributed by atoms with Gasteiger partial charge in [-0.2, -0.15) is 5.26 Å². The topological polar surface area (TPSA) is 56.1 Å². The maximum atomic E-state index is 12.9. The number of benzene rings is 2. The molecule has 4 heteroatoms. The van der Waals surface area contributed by atoms with Gasteiger partial charge in [0, 0.05) is 19.6 Å². The molecule has 0 unspecified atom stereocenters. The Kier molecular flexibility index (Phi) is 5.81. The van der Waals surface area contributed by atoms with Crippen molar-refractivity contribution < 1.29 is 4.79 Å². The number of nitrogens with one attached hydrogen (secondary N) is 1. The summed E-state index contributed by atoms with van der Waals surface area (Å²) < 4.78 is 0. The van der Waals surface area contributed by atoms with E-state index in [-0.39, 0.29) is 11.9 Å². The maximum absolute atomic E-state index is 12.9. The molecule has 4 nitrogen and oxygen atoms in total. The van der Waals surface area contributed by atoms with E-state index in [2.05, 4.69) is 23.5 Å². The van der Waals surface area contributed by atoms with Crippen molar-refractivity contribution in [2.24, 2.45) is 0 Å². The summed E-state index contributed by atoms with van der Waals surface area (Å²) in [7, 11) is 0. The molecule has 2 aromatic carbocycles. The lowest BCUT2D eigenvalue weighted by molar-refractivity contribution is -0.132. The second-order valence-electron chi connectivity index (χ2n) is 6.47. The average Bonchev–Trinajstić information content (AvgIpc) is 3.20. The summed E-state index contributed by atoms with van der Waals surface area (Å²) in [6.07, 6.45) is 2.86. The molecule has 25 heavy (non-hydrogen) atoms. The smallest absolute Gasteiger partial charge is 0.240 e. The summed E-state index contributed by atoms with van der Waals surface area (Å²) >= 11 is 0. The van der Waals surface area contributed by atoms with Gasteiger partial charge in [0.2, 0.25) is 5.91 Å². The van der Waals surface area contributed by atoms with Crippen molar-refractivity contribution in [3.8, 4) is 6.07 Å². The monoisotopic (exact) mass is 333 g/mol. The molecule has 0 radical (unpaired) electrons. The zero-order valence-corrected chi connectivity index (χ0v) is 14.3. The second kappa shape index (κ2) is 8.46. The Balaban J connectivity index is 1.71. The molecule has 1 saturated heterocycles.